The molecule has 1 atom stereocenters. The number of fused-ring (bicyclic) bond motifs is 1. The van der Waals surface area contributed by atoms with Gasteiger partial charge < -0.3 is 23.9 Å². The van der Waals surface area contributed by atoms with Gasteiger partial charge in [-0.3, -0.25) is 9.59 Å². The third-order valence-corrected chi connectivity index (χ3v) is 7.17. The first kappa shape index (κ1) is 26.4. The van der Waals surface area contributed by atoms with Gasteiger partial charge in [0.05, 0.1) is 22.8 Å². The van der Waals surface area contributed by atoms with E-state index in [4.69, 9.17) is 42.2 Å². The van der Waals surface area contributed by atoms with Crippen LogP contribution in [0.5, 0.6) is 0 Å². The largest absolute Gasteiger partial charge is 0.431 e. The Morgan fingerprint density at radius 1 is 1.19 bits per heavy atom. The zero-order valence-corrected chi connectivity index (χ0v) is 22.3. The Kier molecular flexibility index (Phi) is 7.92. The molecular formula is C25H30Cl2N4O5. The number of alkyl halides is 2. The Morgan fingerprint density at radius 2 is 1.92 bits per heavy atom. The molecule has 2 heterocycles. The summed E-state index contributed by atoms with van der Waals surface area (Å²) < 4.78 is 18.7. The number of halogens is 2. The molecular weight excluding hydrogens is 507 g/mol. The van der Waals surface area contributed by atoms with Crippen LogP contribution in [0.3, 0.4) is 0 Å². The summed E-state index contributed by atoms with van der Waals surface area (Å²) in [6.07, 6.45) is 3.63. The van der Waals surface area contributed by atoms with Crippen LogP contribution in [0.25, 0.3) is 22.2 Å². The van der Waals surface area contributed by atoms with Crippen molar-refractivity contribution < 1.29 is 23.6 Å². The Morgan fingerprint density at radius 3 is 2.50 bits per heavy atom. The van der Waals surface area contributed by atoms with E-state index in [0.717, 1.165) is 48.0 Å². The second kappa shape index (κ2) is 10.8. The molecule has 9 nitrogen and oxygen atoms in total. The van der Waals surface area contributed by atoms with Gasteiger partial charge in [0.15, 0.2) is 5.82 Å². The van der Waals surface area contributed by atoms with Gasteiger partial charge in [-0.15, -0.1) is 23.2 Å². The van der Waals surface area contributed by atoms with Gasteiger partial charge in [0, 0.05) is 25.6 Å². The molecule has 0 spiro atoms. The molecule has 3 aromatic rings. The maximum atomic E-state index is 12.4. The van der Waals surface area contributed by atoms with E-state index in [1.807, 2.05) is 32.0 Å². The number of methoxy groups -OCH3 is 1. The number of aryl methyl sites for hydroxylation is 2. The predicted octanol–water partition coefficient (Wildman–Crippen LogP) is 4.75. The lowest BCUT2D eigenvalue weighted by Crippen LogP contribution is -2.49. The Hall–Kier alpha value is -2.62. The van der Waals surface area contributed by atoms with Crippen molar-refractivity contribution in [2.24, 2.45) is 0 Å². The standard InChI is InChI=1S/C25H30Cl2N4O5/c1-14-23(15(2)36-30-14)16-5-10-20-19(11-16)28-24(31(20)17-6-8-18(34-4)9-7-17)25(3,29-21(32)12-26)35-22(33)13-27/h5,10-11,17-18H,6-9,12-13H2,1-4H3,(H,29,32)/t17-,18-,25-/m0/s1. The van der Waals surface area contributed by atoms with Crippen molar-refractivity contribution in [3.05, 3.63) is 35.5 Å². The minimum atomic E-state index is -1.59. The first-order valence-electron chi connectivity index (χ1n) is 11.8. The van der Waals surface area contributed by atoms with Gasteiger partial charge in [-0.25, -0.2) is 4.98 Å². The molecule has 0 aliphatic heterocycles. The average molecular weight is 537 g/mol. The minimum absolute atomic E-state index is 0.0586. The summed E-state index contributed by atoms with van der Waals surface area (Å²) in [5.41, 5.74) is 2.54. The second-order valence-corrected chi connectivity index (χ2v) is 9.73. The topological polar surface area (TPSA) is 108 Å². The molecule has 1 amide bonds. The number of aromatic nitrogens is 3. The van der Waals surface area contributed by atoms with E-state index in [0.29, 0.717) is 17.1 Å². The lowest BCUT2D eigenvalue weighted by Gasteiger charge is -2.34. The highest BCUT2D eigenvalue weighted by Gasteiger charge is 2.40. The van der Waals surface area contributed by atoms with Gasteiger partial charge in [0.1, 0.15) is 17.5 Å². The fourth-order valence-corrected chi connectivity index (χ4v) is 5.20. The summed E-state index contributed by atoms with van der Waals surface area (Å²) in [4.78, 5) is 29.6. The summed E-state index contributed by atoms with van der Waals surface area (Å²) >= 11 is 11.5. The minimum Gasteiger partial charge on any atom is -0.431 e. The third kappa shape index (κ3) is 5.10. The zero-order valence-electron chi connectivity index (χ0n) is 20.8. The molecule has 0 bridgehead atoms. The van der Waals surface area contributed by atoms with Gasteiger partial charge in [-0.2, -0.15) is 0 Å². The maximum absolute atomic E-state index is 12.4. The highest BCUT2D eigenvalue weighted by atomic mass is 35.5. The number of carbonyl (C=O) groups is 2. The molecule has 0 unspecified atom stereocenters. The second-order valence-electron chi connectivity index (χ2n) is 9.20. The van der Waals surface area contributed by atoms with E-state index in [-0.39, 0.29) is 23.9 Å². The number of nitrogens with one attached hydrogen (secondary N) is 1. The zero-order chi connectivity index (χ0) is 26.0. The Labute approximate surface area is 219 Å². The summed E-state index contributed by atoms with van der Waals surface area (Å²) in [5.74, 6) is -0.761. The molecule has 1 aliphatic carbocycles. The van der Waals surface area contributed by atoms with Gasteiger partial charge in [-0.05, 0) is 57.2 Å². The van der Waals surface area contributed by atoms with Crippen LogP contribution in [0.1, 0.15) is 55.9 Å². The first-order chi connectivity index (χ1) is 17.2. The molecule has 1 saturated carbocycles. The molecule has 194 valence electrons. The van der Waals surface area contributed by atoms with Crippen LogP contribution in [0.4, 0.5) is 0 Å². The van der Waals surface area contributed by atoms with Gasteiger partial charge in [-0.1, -0.05) is 11.2 Å². The van der Waals surface area contributed by atoms with Crippen molar-refractivity contribution in [3.8, 4) is 11.1 Å². The van der Waals surface area contributed by atoms with Crippen LogP contribution < -0.4 is 5.32 Å². The van der Waals surface area contributed by atoms with Gasteiger partial charge in [0.2, 0.25) is 11.6 Å². The van der Waals surface area contributed by atoms with Crippen LogP contribution in [0.15, 0.2) is 22.7 Å². The summed E-state index contributed by atoms with van der Waals surface area (Å²) in [5, 5.41) is 6.80. The van der Waals surface area contributed by atoms with Crippen LogP contribution in [0, 0.1) is 13.8 Å². The molecule has 1 aliphatic rings. The molecule has 2 aromatic heterocycles. The van der Waals surface area contributed by atoms with E-state index in [2.05, 4.69) is 15.0 Å². The third-order valence-electron chi connectivity index (χ3n) is 6.71. The number of nitrogens with zero attached hydrogens (tertiary/aromatic N) is 3. The highest BCUT2D eigenvalue weighted by molar-refractivity contribution is 6.27. The summed E-state index contributed by atoms with van der Waals surface area (Å²) in [6, 6.07) is 6.00. The van der Waals surface area contributed by atoms with Crippen molar-refractivity contribution in [2.75, 3.05) is 18.9 Å². The van der Waals surface area contributed by atoms with Crippen LogP contribution in [-0.2, 0) is 24.8 Å². The Balaban J connectivity index is 1.89. The number of hydrogen-bond donors (Lipinski definition) is 1. The SMILES string of the molecule is CO[C@H]1CC[C@H](n2c([C@@](C)(NC(=O)CCl)OC(=O)CCl)nc3cc(-c4c(C)noc4C)ccc32)CC1. The van der Waals surface area contributed by atoms with E-state index >= 15 is 0 Å². The average Bonchev–Trinajstić information content (AvgIpc) is 3.43. The summed E-state index contributed by atoms with van der Waals surface area (Å²) in [6.45, 7) is 5.34. The Bertz CT molecular complexity index is 1230. The van der Waals surface area contributed by atoms with Crippen molar-refractivity contribution in [1.29, 1.82) is 0 Å². The molecule has 0 radical (unpaired) electrons. The fourth-order valence-electron chi connectivity index (χ4n) is 5.08. The van der Waals surface area contributed by atoms with E-state index in [1.165, 1.54) is 0 Å². The molecule has 0 saturated heterocycles. The summed E-state index contributed by atoms with van der Waals surface area (Å²) in [7, 11) is 1.73. The molecule has 36 heavy (non-hydrogen) atoms. The number of rotatable bonds is 8. The number of amides is 1. The number of benzene rings is 1. The first-order valence-corrected chi connectivity index (χ1v) is 12.9. The van der Waals surface area contributed by atoms with Crippen molar-refractivity contribution in [2.45, 2.75) is 64.3 Å². The maximum Gasteiger partial charge on any atom is 0.323 e. The van der Waals surface area contributed by atoms with E-state index < -0.39 is 17.6 Å². The number of esters is 1. The predicted molar refractivity (Wildman–Crippen MR) is 136 cm³/mol. The van der Waals surface area contributed by atoms with Gasteiger partial charge >= 0.3 is 5.97 Å². The van der Waals surface area contributed by atoms with Crippen LogP contribution >= 0.6 is 23.2 Å². The number of hydrogen-bond acceptors (Lipinski definition) is 7. The fraction of sp³-hybridized carbons (Fsp3) is 0.520. The molecule has 11 heteroatoms. The monoisotopic (exact) mass is 536 g/mol. The lowest BCUT2D eigenvalue weighted by atomic mass is 9.92. The van der Waals surface area contributed by atoms with Gasteiger partial charge in [0.25, 0.3) is 0 Å². The highest BCUT2D eigenvalue weighted by Crippen LogP contribution is 2.38. The van der Waals surface area contributed by atoms with Crippen molar-refractivity contribution in [3.63, 3.8) is 0 Å². The van der Waals surface area contributed by atoms with Crippen LogP contribution in [-0.4, -0.2) is 51.6 Å². The molecule has 1 aromatic carbocycles. The van der Waals surface area contributed by atoms with E-state index in [1.54, 1.807) is 14.0 Å². The molecule has 1 N–H and O–H groups in total. The lowest BCUT2D eigenvalue weighted by molar-refractivity contribution is -0.163. The van der Waals surface area contributed by atoms with Crippen LogP contribution in [0.2, 0.25) is 0 Å². The molecule has 4 rings (SSSR count). The molecule has 1 fully saturated rings. The van der Waals surface area contributed by atoms with Crippen molar-refractivity contribution in [1.82, 2.24) is 20.0 Å². The quantitative estimate of drug-likeness (QED) is 0.251. The number of ether oxygens (including phenoxy) is 2. The van der Waals surface area contributed by atoms with Crippen molar-refractivity contribution >= 4 is 46.1 Å². The normalized spacial score (nSPS) is 19.7. The van der Waals surface area contributed by atoms with E-state index in [9.17, 15) is 9.59 Å². The number of carbonyl (C=O) groups excluding carboxylic acids is 2. The smallest absolute Gasteiger partial charge is 0.323 e. The number of imidazole rings is 1.